The number of rotatable bonds is 3. The molecule has 98 valence electrons. The Morgan fingerprint density at radius 3 is 2.56 bits per heavy atom. The van der Waals surface area contributed by atoms with Crippen LogP contribution in [-0.2, 0) is 19.0 Å². The van der Waals surface area contributed by atoms with Crippen molar-refractivity contribution in [3.05, 3.63) is 35.9 Å². The van der Waals surface area contributed by atoms with E-state index < -0.39 is 5.79 Å². The second-order valence-electron chi connectivity index (χ2n) is 4.81. The average molecular weight is 250 g/mol. The highest BCUT2D eigenvalue weighted by molar-refractivity contribution is 5.65. The van der Waals surface area contributed by atoms with Crippen LogP contribution in [0.2, 0.25) is 0 Å². The molecule has 0 spiro atoms. The molecule has 4 heteroatoms. The lowest BCUT2D eigenvalue weighted by Gasteiger charge is -2.16. The number of carbonyl (C=O) groups excluding carboxylic acids is 1. The fourth-order valence-electron chi connectivity index (χ4n) is 2.08. The molecule has 4 nitrogen and oxygen atoms in total. The van der Waals surface area contributed by atoms with Crippen molar-refractivity contribution >= 4 is 5.97 Å². The molecule has 1 saturated heterocycles. The standard InChI is InChI=1S/C14H18O4/c1-10(15)16-9-12-13(18-14(2,3)17-12)11-7-5-4-6-8-11/h4-8,12-13H,9H2,1-3H3/t12-,13+/m0/s1. The zero-order chi connectivity index (χ0) is 13.2. The molecular formula is C14H18O4. The summed E-state index contributed by atoms with van der Waals surface area (Å²) in [6.07, 6.45) is -0.480. The van der Waals surface area contributed by atoms with Crippen LogP contribution in [0.1, 0.15) is 32.4 Å². The van der Waals surface area contributed by atoms with Crippen LogP contribution in [-0.4, -0.2) is 24.5 Å². The van der Waals surface area contributed by atoms with Gasteiger partial charge in [-0.05, 0) is 19.4 Å². The maximum Gasteiger partial charge on any atom is 0.302 e. The molecule has 1 heterocycles. The molecule has 2 rings (SSSR count). The monoisotopic (exact) mass is 250 g/mol. The van der Waals surface area contributed by atoms with Gasteiger partial charge in [-0.3, -0.25) is 4.79 Å². The van der Waals surface area contributed by atoms with E-state index in [-0.39, 0.29) is 24.8 Å². The Hall–Kier alpha value is -1.39. The van der Waals surface area contributed by atoms with Gasteiger partial charge < -0.3 is 14.2 Å². The molecule has 0 N–H and O–H groups in total. The highest BCUT2D eigenvalue weighted by atomic mass is 16.8. The van der Waals surface area contributed by atoms with Crippen LogP contribution >= 0.6 is 0 Å². The molecule has 0 aromatic heterocycles. The molecule has 0 aliphatic carbocycles. The van der Waals surface area contributed by atoms with Gasteiger partial charge in [0.25, 0.3) is 0 Å². The van der Waals surface area contributed by atoms with Crippen molar-refractivity contribution in [3.8, 4) is 0 Å². The second kappa shape index (κ2) is 5.08. The first kappa shape index (κ1) is 13.1. The molecule has 2 atom stereocenters. The second-order valence-corrected chi connectivity index (χ2v) is 4.81. The third-order valence-corrected chi connectivity index (χ3v) is 2.76. The van der Waals surface area contributed by atoms with Gasteiger partial charge in [-0.2, -0.15) is 0 Å². The molecule has 18 heavy (non-hydrogen) atoms. The molecule has 0 radical (unpaired) electrons. The van der Waals surface area contributed by atoms with Gasteiger partial charge in [0.15, 0.2) is 5.79 Å². The summed E-state index contributed by atoms with van der Waals surface area (Å²) < 4.78 is 16.7. The SMILES string of the molecule is CC(=O)OC[C@@H]1OC(C)(C)O[C@@H]1c1ccccc1. The minimum absolute atomic E-state index is 0.207. The van der Waals surface area contributed by atoms with Crippen molar-refractivity contribution in [2.45, 2.75) is 38.8 Å². The Morgan fingerprint density at radius 1 is 1.28 bits per heavy atom. The van der Waals surface area contributed by atoms with Gasteiger partial charge in [0, 0.05) is 6.92 Å². The highest BCUT2D eigenvalue weighted by Gasteiger charge is 2.42. The number of benzene rings is 1. The third kappa shape index (κ3) is 3.09. The van der Waals surface area contributed by atoms with Crippen LogP contribution < -0.4 is 0 Å². The van der Waals surface area contributed by atoms with Crippen molar-refractivity contribution in [2.24, 2.45) is 0 Å². The van der Waals surface area contributed by atoms with E-state index in [1.54, 1.807) is 0 Å². The first-order chi connectivity index (χ1) is 8.48. The maximum atomic E-state index is 10.9. The zero-order valence-electron chi connectivity index (χ0n) is 10.9. The lowest BCUT2D eigenvalue weighted by Crippen LogP contribution is -2.25. The van der Waals surface area contributed by atoms with Gasteiger partial charge in [0.05, 0.1) is 0 Å². The molecule has 1 aliphatic rings. The predicted octanol–water partition coefficient (Wildman–Crippen LogP) is 2.44. The topological polar surface area (TPSA) is 44.8 Å². The van der Waals surface area contributed by atoms with Crippen LogP contribution in [0, 0.1) is 0 Å². The normalized spacial score (nSPS) is 25.9. The van der Waals surface area contributed by atoms with Crippen LogP contribution in [0.4, 0.5) is 0 Å². The van der Waals surface area contributed by atoms with Crippen LogP contribution in [0.25, 0.3) is 0 Å². The van der Waals surface area contributed by atoms with Gasteiger partial charge in [0.1, 0.15) is 18.8 Å². The van der Waals surface area contributed by atoms with E-state index in [1.165, 1.54) is 6.92 Å². The Kier molecular flexibility index (Phi) is 3.68. The minimum atomic E-state index is -0.661. The van der Waals surface area contributed by atoms with Gasteiger partial charge in [-0.25, -0.2) is 0 Å². The summed E-state index contributed by atoms with van der Waals surface area (Å²) in [5.41, 5.74) is 1.03. The van der Waals surface area contributed by atoms with Gasteiger partial charge in [-0.15, -0.1) is 0 Å². The number of hydrogen-bond acceptors (Lipinski definition) is 4. The van der Waals surface area contributed by atoms with Gasteiger partial charge in [0.2, 0.25) is 0 Å². The lowest BCUT2D eigenvalue weighted by molar-refractivity contribution is -0.158. The van der Waals surface area contributed by atoms with Crippen molar-refractivity contribution < 1.29 is 19.0 Å². The molecule has 1 fully saturated rings. The Morgan fingerprint density at radius 2 is 1.94 bits per heavy atom. The smallest absolute Gasteiger partial charge is 0.302 e. The molecule has 1 aliphatic heterocycles. The third-order valence-electron chi connectivity index (χ3n) is 2.76. The van der Waals surface area contributed by atoms with Gasteiger partial charge in [-0.1, -0.05) is 30.3 Å². The van der Waals surface area contributed by atoms with E-state index in [1.807, 2.05) is 44.2 Å². The van der Waals surface area contributed by atoms with E-state index in [4.69, 9.17) is 14.2 Å². The summed E-state index contributed by atoms with van der Waals surface area (Å²) in [6.45, 7) is 5.31. The van der Waals surface area contributed by atoms with Crippen molar-refractivity contribution in [1.82, 2.24) is 0 Å². The fourth-order valence-corrected chi connectivity index (χ4v) is 2.08. The van der Waals surface area contributed by atoms with Crippen molar-refractivity contribution in [3.63, 3.8) is 0 Å². The Balaban J connectivity index is 2.13. The van der Waals surface area contributed by atoms with E-state index in [2.05, 4.69) is 0 Å². The molecule has 0 unspecified atom stereocenters. The van der Waals surface area contributed by atoms with Gasteiger partial charge >= 0.3 is 5.97 Å². The minimum Gasteiger partial charge on any atom is -0.463 e. The first-order valence-electron chi connectivity index (χ1n) is 6.02. The largest absolute Gasteiger partial charge is 0.463 e. The summed E-state index contributed by atoms with van der Waals surface area (Å²) in [5, 5.41) is 0. The quantitative estimate of drug-likeness (QED) is 0.773. The molecular weight excluding hydrogens is 232 g/mol. The van der Waals surface area contributed by atoms with Crippen LogP contribution in [0.3, 0.4) is 0 Å². The highest BCUT2D eigenvalue weighted by Crippen LogP contribution is 2.38. The van der Waals surface area contributed by atoms with E-state index in [9.17, 15) is 4.79 Å². The Labute approximate surface area is 107 Å². The summed E-state index contributed by atoms with van der Waals surface area (Å²) >= 11 is 0. The average Bonchev–Trinajstić information content (AvgIpc) is 2.63. The maximum absolute atomic E-state index is 10.9. The number of esters is 1. The number of carbonyl (C=O) groups is 1. The molecule has 1 aromatic rings. The summed E-state index contributed by atoms with van der Waals surface area (Å²) in [7, 11) is 0. The zero-order valence-corrected chi connectivity index (χ0v) is 10.9. The first-order valence-corrected chi connectivity index (χ1v) is 6.02. The van der Waals surface area contributed by atoms with E-state index in [0.29, 0.717) is 0 Å². The summed E-state index contributed by atoms with van der Waals surface area (Å²) in [5.74, 6) is -0.971. The lowest BCUT2D eigenvalue weighted by atomic mass is 10.1. The number of ether oxygens (including phenoxy) is 3. The van der Waals surface area contributed by atoms with Crippen molar-refractivity contribution in [1.29, 1.82) is 0 Å². The summed E-state index contributed by atoms with van der Waals surface area (Å²) in [4.78, 5) is 10.9. The molecule has 0 saturated carbocycles. The van der Waals surface area contributed by atoms with Crippen LogP contribution in [0.5, 0.6) is 0 Å². The number of hydrogen-bond donors (Lipinski definition) is 0. The predicted molar refractivity (Wildman–Crippen MR) is 65.9 cm³/mol. The molecule has 0 amide bonds. The molecule has 1 aromatic carbocycles. The fraction of sp³-hybridized carbons (Fsp3) is 0.500. The van der Waals surface area contributed by atoms with E-state index in [0.717, 1.165) is 5.56 Å². The van der Waals surface area contributed by atoms with Crippen LogP contribution in [0.15, 0.2) is 30.3 Å². The molecule has 0 bridgehead atoms. The van der Waals surface area contributed by atoms with E-state index >= 15 is 0 Å². The summed E-state index contributed by atoms with van der Waals surface area (Å²) in [6, 6.07) is 9.82. The van der Waals surface area contributed by atoms with Crippen molar-refractivity contribution in [2.75, 3.05) is 6.61 Å². The Bertz CT molecular complexity index is 413.